The van der Waals surface area contributed by atoms with Gasteiger partial charge in [-0.15, -0.1) is 10.2 Å². The second-order valence-electron chi connectivity index (χ2n) is 6.55. The summed E-state index contributed by atoms with van der Waals surface area (Å²) < 4.78 is 4.24. The normalized spacial score (nSPS) is 15.0. The lowest BCUT2D eigenvalue weighted by atomic mass is 10.2. The number of hydrogen-bond donors (Lipinski definition) is 0. The van der Waals surface area contributed by atoms with Crippen LogP contribution < -0.4 is 0 Å². The van der Waals surface area contributed by atoms with Gasteiger partial charge >= 0.3 is 0 Å². The van der Waals surface area contributed by atoms with Crippen LogP contribution in [0.1, 0.15) is 31.4 Å². The van der Waals surface area contributed by atoms with Crippen molar-refractivity contribution in [3.8, 4) is 11.4 Å². The SMILES string of the molecule is CC(C)n1ccc(CN2CCn3c(nnc3-c3ccccc3)C2)n1. The zero-order chi connectivity index (χ0) is 16.5. The first-order valence-electron chi connectivity index (χ1n) is 8.44. The van der Waals surface area contributed by atoms with Crippen LogP contribution in [-0.4, -0.2) is 36.0 Å². The molecule has 24 heavy (non-hydrogen) atoms. The van der Waals surface area contributed by atoms with Gasteiger partial charge in [-0.2, -0.15) is 5.10 Å². The number of fused-ring (bicyclic) bond motifs is 1. The molecule has 0 radical (unpaired) electrons. The Morgan fingerprint density at radius 1 is 1.04 bits per heavy atom. The number of hydrogen-bond acceptors (Lipinski definition) is 4. The molecule has 6 heteroatoms. The minimum Gasteiger partial charge on any atom is -0.309 e. The summed E-state index contributed by atoms with van der Waals surface area (Å²) in [5.41, 5.74) is 2.24. The van der Waals surface area contributed by atoms with Crippen molar-refractivity contribution in [2.45, 2.75) is 39.5 Å². The predicted octanol–water partition coefficient (Wildman–Crippen LogP) is 2.74. The molecule has 0 amide bonds. The van der Waals surface area contributed by atoms with Crippen LogP contribution in [0.4, 0.5) is 0 Å². The van der Waals surface area contributed by atoms with Crippen LogP contribution in [0.25, 0.3) is 11.4 Å². The summed E-state index contributed by atoms with van der Waals surface area (Å²) in [6.07, 6.45) is 2.06. The molecule has 2 aromatic heterocycles. The van der Waals surface area contributed by atoms with E-state index in [0.29, 0.717) is 6.04 Å². The number of nitrogens with zero attached hydrogens (tertiary/aromatic N) is 6. The van der Waals surface area contributed by atoms with Crippen molar-refractivity contribution in [3.05, 3.63) is 54.1 Å². The minimum absolute atomic E-state index is 0.400. The van der Waals surface area contributed by atoms with Gasteiger partial charge in [0.25, 0.3) is 0 Å². The smallest absolute Gasteiger partial charge is 0.164 e. The van der Waals surface area contributed by atoms with Crippen molar-refractivity contribution >= 4 is 0 Å². The second kappa shape index (κ2) is 6.20. The molecule has 0 N–H and O–H groups in total. The molecule has 0 saturated heterocycles. The standard InChI is InChI=1S/C18H22N6/c1-14(2)24-9-8-16(21-24)12-22-10-11-23-17(13-22)19-20-18(23)15-6-4-3-5-7-15/h3-9,14H,10-13H2,1-2H3. The molecule has 4 rings (SSSR count). The Morgan fingerprint density at radius 2 is 1.88 bits per heavy atom. The highest BCUT2D eigenvalue weighted by Crippen LogP contribution is 2.22. The van der Waals surface area contributed by atoms with Gasteiger partial charge in [-0.3, -0.25) is 9.58 Å². The van der Waals surface area contributed by atoms with Gasteiger partial charge in [0, 0.05) is 37.4 Å². The molecular formula is C18H22N6. The molecule has 1 aliphatic heterocycles. The summed E-state index contributed by atoms with van der Waals surface area (Å²) >= 11 is 0. The van der Waals surface area contributed by atoms with E-state index in [1.165, 1.54) is 0 Å². The Hall–Kier alpha value is -2.47. The average molecular weight is 322 g/mol. The van der Waals surface area contributed by atoms with Crippen LogP contribution in [-0.2, 0) is 19.6 Å². The molecule has 124 valence electrons. The average Bonchev–Trinajstić information content (AvgIpc) is 3.22. The van der Waals surface area contributed by atoms with Crippen molar-refractivity contribution in [3.63, 3.8) is 0 Å². The van der Waals surface area contributed by atoms with Gasteiger partial charge in [0.15, 0.2) is 5.82 Å². The van der Waals surface area contributed by atoms with Crippen LogP contribution in [0, 0.1) is 0 Å². The molecular weight excluding hydrogens is 300 g/mol. The van der Waals surface area contributed by atoms with Crippen molar-refractivity contribution < 1.29 is 0 Å². The van der Waals surface area contributed by atoms with Gasteiger partial charge in [-0.1, -0.05) is 30.3 Å². The van der Waals surface area contributed by atoms with Crippen LogP contribution in [0.2, 0.25) is 0 Å². The molecule has 0 atom stereocenters. The van der Waals surface area contributed by atoms with E-state index in [4.69, 9.17) is 0 Å². The van der Waals surface area contributed by atoms with Gasteiger partial charge in [0.2, 0.25) is 0 Å². The highest BCUT2D eigenvalue weighted by Gasteiger charge is 2.22. The quantitative estimate of drug-likeness (QED) is 0.741. The molecule has 1 aromatic carbocycles. The first kappa shape index (κ1) is 15.1. The van der Waals surface area contributed by atoms with Crippen molar-refractivity contribution in [1.82, 2.24) is 29.4 Å². The van der Waals surface area contributed by atoms with Crippen LogP contribution in [0.3, 0.4) is 0 Å². The molecule has 0 unspecified atom stereocenters. The summed E-state index contributed by atoms with van der Waals surface area (Å²) in [6.45, 7) is 7.86. The fourth-order valence-corrected chi connectivity index (χ4v) is 3.12. The molecule has 3 aromatic rings. The van der Waals surface area contributed by atoms with Crippen molar-refractivity contribution in [1.29, 1.82) is 0 Å². The summed E-state index contributed by atoms with van der Waals surface area (Å²) in [4.78, 5) is 2.38. The number of aromatic nitrogens is 5. The van der Waals surface area contributed by atoms with Crippen LogP contribution >= 0.6 is 0 Å². The number of benzene rings is 1. The maximum absolute atomic E-state index is 4.64. The van der Waals surface area contributed by atoms with E-state index in [2.05, 4.69) is 63.0 Å². The minimum atomic E-state index is 0.400. The Balaban J connectivity index is 1.49. The Labute approximate surface area is 141 Å². The molecule has 0 spiro atoms. The summed E-state index contributed by atoms with van der Waals surface area (Å²) in [7, 11) is 0. The lowest BCUT2D eigenvalue weighted by Crippen LogP contribution is -2.33. The van der Waals surface area contributed by atoms with Gasteiger partial charge in [-0.05, 0) is 19.9 Å². The maximum Gasteiger partial charge on any atom is 0.164 e. The van der Waals surface area contributed by atoms with Gasteiger partial charge in [0.05, 0.1) is 12.2 Å². The highest BCUT2D eigenvalue weighted by molar-refractivity contribution is 5.55. The summed E-state index contributed by atoms with van der Waals surface area (Å²) in [6, 6.07) is 12.8. The topological polar surface area (TPSA) is 51.8 Å². The fourth-order valence-electron chi connectivity index (χ4n) is 3.12. The van der Waals surface area contributed by atoms with E-state index in [1.54, 1.807) is 0 Å². The first-order valence-corrected chi connectivity index (χ1v) is 8.44. The summed E-state index contributed by atoms with van der Waals surface area (Å²) in [5, 5.41) is 13.5. The van der Waals surface area contributed by atoms with E-state index in [0.717, 1.165) is 49.1 Å². The van der Waals surface area contributed by atoms with E-state index < -0.39 is 0 Å². The second-order valence-corrected chi connectivity index (χ2v) is 6.55. The lowest BCUT2D eigenvalue weighted by molar-refractivity contribution is 0.206. The Bertz CT molecular complexity index is 817. The van der Waals surface area contributed by atoms with Gasteiger partial charge in [-0.25, -0.2) is 0 Å². The van der Waals surface area contributed by atoms with E-state index in [-0.39, 0.29) is 0 Å². The zero-order valence-corrected chi connectivity index (χ0v) is 14.1. The third-order valence-electron chi connectivity index (χ3n) is 4.44. The molecule has 0 aliphatic carbocycles. The van der Waals surface area contributed by atoms with Crippen molar-refractivity contribution in [2.75, 3.05) is 6.54 Å². The van der Waals surface area contributed by atoms with Gasteiger partial charge in [0.1, 0.15) is 5.82 Å². The van der Waals surface area contributed by atoms with Gasteiger partial charge < -0.3 is 4.57 Å². The van der Waals surface area contributed by atoms with E-state index in [9.17, 15) is 0 Å². The number of rotatable bonds is 4. The Morgan fingerprint density at radius 3 is 2.62 bits per heavy atom. The monoisotopic (exact) mass is 322 g/mol. The first-order chi connectivity index (χ1) is 11.7. The third-order valence-corrected chi connectivity index (χ3v) is 4.44. The maximum atomic E-state index is 4.64. The third kappa shape index (κ3) is 2.85. The molecule has 0 saturated carbocycles. The van der Waals surface area contributed by atoms with Crippen LogP contribution in [0.15, 0.2) is 42.6 Å². The predicted molar refractivity (Wildman–Crippen MR) is 92.2 cm³/mol. The van der Waals surface area contributed by atoms with E-state index in [1.807, 2.05) is 22.9 Å². The van der Waals surface area contributed by atoms with Crippen molar-refractivity contribution in [2.24, 2.45) is 0 Å². The highest BCUT2D eigenvalue weighted by atomic mass is 15.3. The fraction of sp³-hybridized carbons (Fsp3) is 0.389. The Kier molecular flexibility index (Phi) is 3.90. The zero-order valence-electron chi connectivity index (χ0n) is 14.1. The molecule has 0 bridgehead atoms. The largest absolute Gasteiger partial charge is 0.309 e. The molecule has 1 aliphatic rings. The van der Waals surface area contributed by atoms with E-state index >= 15 is 0 Å². The molecule has 6 nitrogen and oxygen atoms in total. The van der Waals surface area contributed by atoms with Crippen LogP contribution in [0.5, 0.6) is 0 Å². The molecule has 0 fully saturated rings. The summed E-state index contributed by atoms with van der Waals surface area (Å²) in [5.74, 6) is 2.00. The lowest BCUT2D eigenvalue weighted by Gasteiger charge is -2.27. The molecule has 3 heterocycles.